The molecule has 1 aliphatic heterocycles. The maximum Gasteiger partial charge on any atom is 0.330 e. The van der Waals surface area contributed by atoms with Crippen molar-refractivity contribution < 1.29 is 14.7 Å². The van der Waals surface area contributed by atoms with Crippen LogP contribution in [0.2, 0.25) is 0 Å². The van der Waals surface area contributed by atoms with E-state index in [0.29, 0.717) is 18.7 Å². The minimum absolute atomic E-state index is 0.329. The van der Waals surface area contributed by atoms with E-state index in [-0.39, 0.29) is 6.03 Å². The minimum atomic E-state index is -1.06. The molecule has 1 fully saturated rings. The first-order valence-electron chi connectivity index (χ1n) is 6.72. The Balaban J connectivity index is 2.04. The number of carboxylic acid groups (broad SMARTS) is 1. The minimum Gasteiger partial charge on any atom is -0.479 e. The van der Waals surface area contributed by atoms with E-state index in [4.69, 9.17) is 0 Å². The topological polar surface area (TPSA) is 81.7 Å². The summed E-state index contributed by atoms with van der Waals surface area (Å²) in [6.07, 6.45) is 0.872. The van der Waals surface area contributed by atoms with Crippen molar-refractivity contribution in [2.45, 2.75) is 12.5 Å². The van der Waals surface area contributed by atoms with Crippen LogP contribution < -0.4 is 10.6 Å². The van der Waals surface area contributed by atoms with Gasteiger partial charge in [-0.1, -0.05) is 30.3 Å². The molecule has 0 radical (unpaired) electrons. The lowest BCUT2D eigenvalue weighted by molar-refractivity contribution is -0.139. The van der Waals surface area contributed by atoms with Crippen LogP contribution in [0.25, 0.3) is 0 Å². The summed E-state index contributed by atoms with van der Waals surface area (Å²) in [4.78, 5) is 25.2. The van der Waals surface area contributed by atoms with Crippen molar-refractivity contribution >= 4 is 12.0 Å². The van der Waals surface area contributed by atoms with Gasteiger partial charge in [-0.25, -0.2) is 9.59 Å². The molecular weight excluding hydrogens is 258 g/mol. The number of nitrogens with one attached hydrogen (secondary N) is 2. The average Bonchev–Trinajstić information content (AvgIpc) is 2.74. The number of carbonyl (C=O) groups excluding carboxylic acids is 1. The van der Waals surface area contributed by atoms with Gasteiger partial charge in [-0.15, -0.1) is 0 Å². The Morgan fingerprint density at radius 3 is 2.65 bits per heavy atom. The molecule has 108 valence electrons. The van der Waals surface area contributed by atoms with E-state index in [0.717, 1.165) is 19.5 Å². The summed E-state index contributed by atoms with van der Waals surface area (Å²) in [5.74, 6) is -1.06. The third-order valence-electron chi connectivity index (χ3n) is 3.27. The zero-order valence-electron chi connectivity index (χ0n) is 11.2. The SMILES string of the molecule is O=C(O)C(NC(=O)N1CCCNCC1)c1ccccc1. The van der Waals surface area contributed by atoms with Crippen LogP contribution in [-0.2, 0) is 4.79 Å². The standard InChI is InChI=1S/C14H19N3O3/c18-13(19)12(11-5-2-1-3-6-11)16-14(20)17-9-4-7-15-8-10-17/h1-3,5-6,12,15H,4,7-10H2,(H,16,20)(H,18,19). The predicted molar refractivity (Wildman–Crippen MR) is 74.4 cm³/mol. The second-order valence-corrected chi connectivity index (χ2v) is 4.72. The quantitative estimate of drug-likeness (QED) is 0.764. The van der Waals surface area contributed by atoms with E-state index in [1.54, 1.807) is 29.2 Å². The van der Waals surface area contributed by atoms with E-state index >= 15 is 0 Å². The van der Waals surface area contributed by atoms with E-state index in [9.17, 15) is 14.7 Å². The third-order valence-corrected chi connectivity index (χ3v) is 3.27. The molecule has 2 amide bonds. The molecule has 0 spiro atoms. The number of rotatable bonds is 3. The largest absolute Gasteiger partial charge is 0.479 e. The van der Waals surface area contributed by atoms with Crippen molar-refractivity contribution in [2.24, 2.45) is 0 Å². The highest BCUT2D eigenvalue weighted by Gasteiger charge is 2.24. The Morgan fingerprint density at radius 1 is 1.20 bits per heavy atom. The van der Waals surface area contributed by atoms with Crippen LogP contribution in [0.3, 0.4) is 0 Å². The number of amides is 2. The normalized spacial score (nSPS) is 17.1. The van der Waals surface area contributed by atoms with Gasteiger partial charge in [0.1, 0.15) is 0 Å². The number of urea groups is 1. The summed E-state index contributed by atoms with van der Waals surface area (Å²) in [5.41, 5.74) is 0.571. The van der Waals surface area contributed by atoms with E-state index in [2.05, 4.69) is 10.6 Å². The van der Waals surface area contributed by atoms with E-state index in [1.165, 1.54) is 0 Å². The Kier molecular flexibility index (Phi) is 4.95. The van der Waals surface area contributed by atoms with Crippen LogP contribution in [0, 0.1) is 0 Å². The maximum absolute atomic E-state index is 12.2. The molecule has 3 N–H and O–H groups in total. The van der Waals surface area contributed by atoms with Gasteiger partial charge in [-0.2, -0.15) is 0 Å². The molecule has 1 saturated heterocycles. The van der Waals surface area contributed by atoms with Crippen LogP contribution in [-0.4, -0.2) is 48.2 Å². The lowest BCUT2D eigenvalue weighted by atomic mass is 10.1. The van der Waals surface area contributed by atoms with Crippen LogP contribution in [0.5, 0.6) is 0 Å². The number of nitrogens with zero attached hydrogens (tertiary/aromatic N) is 1. The molecule has 20 heavy (non-hydrogen) atoms. The molecule has 1 aromatic rings. The van der Waals surface area contributed by atoms with Gasteiger partial charge in [-0.3, -0.25) is 0 Å². The third kappa shape index (κ3) is 3.71. The van der Waals surface area contributed by atoms with Crippen molar-refractivity contribution in [3.05, 3.63) is 35.9 Å². The molecule has 0 aromatic heterocycles. The molecule has 0 bridgehead atoms. The van der Waals surface area contributed by atoms with Crippen molar-refractivity contribution in [1.82, 2.24) is 15.5 Å². The molecule has 1 aromatic carbocycles. The Morgan fingerprint density at radius 2 is 1.95 bits per heavy atom. The molecule has 6 heteroatoms. The van der Waals surface area contributed by atoms with Crippen LogP contribution in [0.15, 0.2) is 30.3 Å². The molecule has 1 heterocycles. The number of benzene rings is 1. The Hall–Kier alpha value is -2.08. The van der Waals surface area contributed by atoms with Gasteiger partial charge in [-0.05, 0) is 18.5 Å². The second kappa shape index (κ2) is 6.91. The van der Waals surface area contributed by atoms with Crippen LogP contribution >= 0.6 is 0 Å². The fourth-order valence-electron chi connectivity index (χ4n) is 2.20. The van der Waals surface area contributed by atoms with Gasteiger partial charge in [0.2, 0.25) is 0 Å². The Bertz CT molecular complexity index is 456. The highest BCUT2D eigenvalue weighted by atomic mass is 16.4. The summed E-state index contributed by atoms with van der Waals surface area (Å²) in [6, 6.07) is 7.38. The van der Waals surface area contributed by atoms with Crippen LogP contribution in [0.4, 0.5) is 4.79 Å². The number of aliphatic carboxylic acids is 1. The smallest absolute Gasteiger partial charge is 0.330 e. The summed E-state index contributed by atoms with van der Waals surface area (Å²) in [6.45, 7) is 2.84. The number of carboxylic acids is 1. The van der Waals surface area contributed by atoms with Gasteiger partial charge < -0.3 is 20.6 Å². The average molecular weight is 277 g/mol. The zero-order chi connectivity index (χ0) is 14.4. The highest BCUT2D eigenvalue weighted by Crippen LogP contribution is 2.13. The molecule has 2 rings (SSSR count). The summed E-state index contributed by atoms with van der Waals surface area (Å²) >= 11 is 0. The molecule has 1 atom stereocenters. The van der Waals surface area contributed by atoms with E-state index < -0.39 is 12.0 Å². The first-order valence-corrected chi connectivity index (χ1v) is 6.72. The first kappa shape index (κ1) is 14.3. The Labute approximate surface area is 117 Å². The number of hydrogen-bond acceptors (Lipinski definition) is 3. The molecule has 0 saturated carbocycles. The van der Waals surface area contributed by atoms with E-state index in [1.807, 2.05) is 6.07 Å². The fourth-order valence-corrected chi connectivity index (χ4v) is 2.20. The predicted octanol–water partition coefficient (Wildman–Crippen LogP) is 0.817. The maximum atomic E-state index is 12.2. The van der Waals surface area contributed by atoms with Gasteiger partial charge in [0.15, 0.2) is 6.04 Å². The number of hydrogen-bond donors (Lipinski definition) is 3. The summed E-state index contributed by atoms with van der Waals surface area (Å²) in [5, 5.41) is 15.1. The van der Waals surface area contributed by atoms with Gasteiger partial charge in [0.05, 0.1) is 0 Å². The van der Waals surface area contributed by atoms with Gasteiger partial charge >= 0.3 is 12.0 Å². The molecular formula is C14H19N3O3. The zero-order valence-corrected chi connectivity index (χ0v) is 11.2. The van der Waals surface area contributed by atoms with Crippen molar-refractivity contribution in [2.75, 3.05) is 26.2 Å². The molecule has 1 aliphatic rings. The molecule has 1 unspecified atom stereocenters. The molecule has 0 aliphatic carbocycles. The summed E-state index contributed by atoms with van der Waals surface area (Å²) in [7, 11) is 0. The van der Waals surface area contributed by atoms with Crippen molar-refractivity contribution in [3.8, 4) is 0 Å². The second-order valence-electron chi connectivity index (χ2n) is 4.72. The van der Waals surface area contributed by atoms with Gasteiger partial charge in [0, 0.05) is 19.6 Å². The highest BCUT2D eigenvalue weighted by molar-refractivity contribution is 5.83. The lowest BCUT2D eigenvalue weighted by Crippen LogP contribution is -2.45. The van der Waals surface area contributed by atoms with Gasteiger partial charge in [0.25, 0.3) is 0 Å². The monoisotopic (exact) mass is 277 g/mol. The number of carbonyl (C=O) groups is 2. The summed E-state index contributed by atoms with van der Waals surface area (Å²) < 4.78 is 0. The first-order chi connectivity index (χ1) is 9.68. The van der Waals surface area contributed by atoms with Crippen molar-refractivity contribution in [3.63, 3.8) is 0 Å². The van der Waals surface area contributed by atoms with Crippen LogP contribution in [0.1, 0.15) is 18.0 Å². The lowest BCUT2D eigenvalue weighted by Gasteiger charge is -2.23. The fraction of sp³-hybridized carbons (Fsp3) is 0.429. The molecule has 6 nitrogen and oxygen atoms in total. The van der Waals surface area contributed by atoms with Crippen molar-refractivity contribution in [1.29, 1.82) is 0 Å².